The monoisotopic (exact) mass is 242 g/mol. The van der Waals surface area contributed by atoms with Crippen LogP contribution in [0.1, 0.15) is 20.8 Å². The van der Waals surface area contributed by atoms with Crippen LogP contribution in [0.4, 0.5) is 0 Å². The third kappa shape index (κ3) is 2.75. The minimum absolute atomic E-state index is 0.264. The van der Waals surface area contributed by atoms with Gasteiger partial charge in [-0.05, 0) is 20.8 Å². The molecule has 0 saturated carbocycles. The van der Waals surface area contributed by atoms with Crippen LogP contribution in [0.2, 0.25) is 0 Å². The van der Waals surface area contributed by atoms with Gasteiger partial charge in [0.15, 0.2) is 0 Å². The Bertz CT molecular complexity index is 329. The molecule has 1 aliphatic rings. The van der Waals surface area contributed by atoms with Crippen molar-refractivity contribution in [2.45, 2.75) is 26.8 Å². The molecule has 0 radical (unpaired) electrons. The van der Waals surface area contributed by atoms with Crippen molar-refractivity contribution in [2.75, 3.05) is 26.2 Å². The summed E-state index contributed by atoms with van der Waals surface area (Å²) in [5.41, 5.74) is 0. The molecule has 17 heavy (non-hydrogen) atoms. The van der Waals surface area contributed by atoms with Crippen LogP contribution in [0.5, 0.6) is 0 Å². The predicted molar refractivity (Wildman–Crippen MR) is 60.1 cm³/mol. The molecule has 96 valence electrons. The second-order valence-corrected chi connectivity index (χ2v) is 3.81. The standard InChI is InChI=1S/C11H18N2O4/c1-4-12-6-7-13(10(15)9(12)14)8(3)11(16)17-5-2/h8H,4-7H2,1-3H3. The molecular formula is C11H18N2O4. The van der Waals surface area contributed by atoms with Crippen LogP contribution < -0.4 is 0 Å². The zero-order chi connectivity index (χ0) is 13.0. The number of amides is 2. The van der Waals surface area contributed by atoms with E-state index in [2.05, 4.69) is 0 Å². The average molecular weight is 242 g/mol. The minimum Gasteiger partial charge on any atom is -0.464 e. The Morgan fingerprint density at radius 1 is 1.29 bits per heavy atom. The lowest BCUT2D eigenvalue weighted by Gasteiger charge is -2.35. The van der Waals surface area contributed by atoms with Crippen molar-refractivity contribution in [1.29, 1.82) is 0 Å². The number of ether oxygens (including phenoxy) is 1. The zero-order valence-corrected chi connectivity index (χ0v) is 10.4. The second kappa shape index (κ2) is 5.65. The van der Waals surface area contributed by atoms with Crippen LogP contribution in [0.25, 0.3) is 0 Å². The van der Waals surface area contributed by atoms with Gasteiger partial charge in [0.05, 0.1) is 6.61 Å². The van der Waals surface area contributed by atoms with E-state index in [9.17, 15) is 14.4 Å². The summed E-state index contributed by atoms with van der Waals surface area (Å²) < 4.78 is 4.84. The molecular weight excluding hydrogens is 224 g/mol. The molecule has 0 aromatic carbocycles. The van der Waals surface area contributed by atoms with Gasteiger partial charge in [0.1, 0.15) is 6.04 Å². The molecule has 0 aromatic heterocycles. The number of hydrogen-bond donors (Lipinski definition) is 0. The SMILES string of the molecule is CCOC(=O)C(C)N1CCN(CC)C(=O)C1=O. The lowest BCUT2D eigenvalue weighted by Crippen LogP contribution is -2.58. The van der Waals surface area contributed by atoms with Crippen LogP contribution in [0, 0.1) is 0 Å². The Labute approximate surface area is 101 Å². The van der Waals surface area contributed by atoms with Gasteiger partial charge < -0.3 is 14.5 Å². The number of nitrogens with zero attached hydrogens (tertiary/aromatic N) is 2. The molecule has 0 aromatic rings. The molecule has 6 nitrogen and oxygen atoms in total. The molecule has 6 heteroatoms. The summed E-state index contributed by atoms with van der Waals surface area (Å²) in [7, 11) is 0. The normalized spacial score (nSPS) is 18.3. The van der Waals surface area contributed by atoms with E-state index in [1.54, 1.807) is 13.8 Å². The van der Waals surface area contributed by atoms with Crippen molar-refractivity contribution in [3.8, 4) is 0 Å². The molecule has 1 heterocycles. The maximum Gasteiger partial charge on any atom is 0.328 e. The molecule has 2 amide bonds. The van der Waals surface area contributed by atoms with Gasteiger partial charge >= 0.3 is 17.8 Å². The highest BCUT2D eigenvalue weighted by atomic mass is 16.5. The van der Waals surface area contributed by atoms with E-state index >= 15 is 0 Å². The number of hydrogen-bond acceptors (Lipinski definition) is 4. The van der Waals surface area contributed by atoms with E-state index < -0.39 is 23.8 Å². The van der Waals surface area contributed by atoms with Crippen molar-refractivity contribution in [3.05, 3.63) is 0 Å². The number of esters is 1. The minimum atomic E-state index is -0.703. The Balaban J connectivity index is 2.70. The summed E-state index contributed by atoms with van der Waals surface area (Å²) in [6.45, 7) is 6.70. The fraction of sp³-hybridized carbons (Fsp3) is 0.727. The molecule has 1 fully saturated rings. The highest BCUT2D eigenvalue weighted by Crippen LogP contribution is 2.10. The van der Waals surface area contributed by atoms with Crippen LogP contribution in [-0.4, -0.2) is 59.9 Å². The molecule has 1 unspecified atom stereocenters. The molecule has 1 rings (SSSR count). The maximum absolute atomic E-state index is 11.8. The lowest BCUT2D eigenvalue weighted by atomic mass is 10.2. The second-order valence-electron chi connectivity index (χ2n) is 3.81. The first-order chi connectivity index (χ1) is 8.02. The first-order valence-corrected chi connectivity index (χ1v) is 5.79. The number of carbonyl (C=O) groups excluding carboxylic acids is 3. The van der Waals surface area contributed by atoms with Crippen molar-refractivity contribution in [2.24, 2.45) is 0 Å². The third-order valence-electron chi connectivity index (χ3n) is 2.82. The van der Waals surface area contributed by atoms with E-state index in [1.807, 2.05) is 6.92 Å². The van der Waals surface area contributed by atoms with Gasteiger partial charge in [-0.1, -0.05) is 0 Å². The van der Waals surface area contributed by atoms with E-state index in [4.69, 9.17) is 4.74 Å². The Kier molecular flexibility index (Phi) is 4.48. The molecule has 0 bridgehead atoms. The fourth-order valence-electron chi connectivity index (χ4n) is 1.75. The van der Waals surface area contributed by atoms with Gasteiger partial charge in [-0.2, -0.15) is 0 Å². The number of carbonyl (C=O) groups is 3. The predicted octanol–water partition coefficient (Wildman–Crippen LogP) is -0.371. The van der Waals surface area contributed by atoms with Gasteiger partial charge in [-0.25, -0.2) is 4.79 Å². The molecule has 1 atom stereocenters. The van der Waals surface area contributed by atoms with E-state index in [-0.39, 0.29) is 6.61 Å². The van der Waals surface area contributed by atoms with E-state index in [0.29, 0.717) is 19.6 Å². The van der Waals surface area contributed by atoms with Gasteiger partial charge in [0.25, 0.3) is 0 Å². The summed E-state index contributed by atoms with van der Waals surface area (Å²) in [5, 5.41) is 0. The molecule has 0 aliphatic carbocycles. The van der Waals surface area contributed by atoms with E-state index in [0.717, 1.165) is 0 Å². The maximum atomic E-state index is 11.8. The highest BCUT2D eigenvalue weighted by molar-refractivity contribution is 6.35. The van der Waals surface area contributed by atoms with Crippen molar-refractivity contribution in [1.82, 2.24) is 9.80 Å². The topological polar surface area (TPSA) is 66.9 Å². The van der Waals surface area contributed by atoms with Gasteiger partial charge in [-0.15, -0.1) is 0 Å². The van der Waals surface area contributed by atoms with Crippen LogP contribution >= 0.6 is 0 Å². The van der Waals surface area contributed by atoms with Crippen molar-refractivity contribution in [3.63, 3.8) is 0 Å². The number of piperazine rings is 1. The van der Waals surface area contributed by atoms with Crippen LogP contribution in [0.3, 0.4) is 0 Å². The summed E-state index contributed by atoms with van der Waals surface area (Å²) >= 11 is 0. The Morgan fingerprint density at radius 3 is 2.47 bits per heavy atom. The molecule has 0 spiro atoms. The van der Waals surface area contributed by atoms with Crippen LogP contribution in [0.15, 0.2) is 0 Å². The number of likely N-dealkylation sites (N-methyl/N-ethyl adjacent to an activating group) is 1. The van der Waals surface area contributed by atoms with Gasteiger partial charge in [-0.3, -0.25) is 9.59 Å². The largest absolute Gasteiger partial charge is 0.464 e. The average Bonchev–Trinajstić information content (AvgIpc) is 2.32. The quantitative estimate of drug-likeness (QED) is 0.498. The van der Waals surface area contributed by atoms with Crippen LogP contribution in [-0.2, 0) is 19.1 Å². The highest BCUT2D eigenvalue weighted by Gasteiger charge is 2.36. The molecule has 1 saturated heterocycles. The zero-order valence-electron chi connectivity index (χ0n) is 10.4. The van der Waals surface area contributed by atoms with Crippen molar-refractivity contribution >= 4 is 17.8 Å². The van der Waals surface area contributed by atoms with Crippen molar-refractivity contribution < 1.29 is 19.1 Å². The summed E-state index contributed by atoms with van der Waals surface area (Å²) in [5.74, 6) is -1.65. The summed E-state index contributed by atoms with van der Waals surface area (Å²) in [6.07, 6.45) is 0. The fourth-order valence-corrected chi connectivity index (χ4v) is 1.75. The van der Waals surface area contributed by atoms with Gasteiger partial charge in [0.2, 0.25) is 0 Å². The molecule has 0 N–H and O–H groups in total. The third-order valence-corrected chi connectivity index (χ3v) is 2.82. The first kappa shape index (κ1) is 13.5. The first-order valence-electron chi connectivity index (χ1n) is 5.79. The van der Waals surface area contributed by atoms with E-state index in [1.165, 1.54) is 9.80 Å². The Hall–Kier alpha value is -1.59. The molecule has 1 aliphatic heterocycles. The summed E-state index contributed by atoms with van der Waals surface area (Å²) in [4.78, 5) is 37.6. The lowest BCUT2D eigenvalue weighted by molar-refractivity contribution is -0.163. The Morgan fingerprint density at radius 2 is 1.94 bits per heavy atom. The smallest absolute Gasteiger partial charge is 0.328 e. The number of rotatable bonds is 4. The summed E-state index contributed by atoms with van der Waals surface area (Å²) in [6, 6.07) is -0.703. The van der Waals surface area contributed by atoms with Gasteiger partial charge in [0, 0.05) is 19.6 Å².